The Bertz CT molecular complexity index is 1160. The van der Waals surface area contributed by atoms with Crippen molar-refractivity contribution in [1.82, 2.24) is 9.80 Å². The first kappa shape index (κ1) is 30.8. The minimum atomic E-state index is -0.922. The number of amides is 2. The van der Waals surface area contributed by atoms with Gasteiger partial charge in [-0.1, -0.05) is 54.4 Å². The molecule has 232 valence electrons. The molecular weight excluding hydrogens is 532 g/mol. The fourth-order valence-electron chi connectivity index (χ4n) is 10.5. The van der Waals surface area contributed by atoms with Gasteiger partial charge in [-0.05, 0) is 96.0 Å². The number of carbonyl (C=O) groups excluding carboxylic acids is 2. The predicted molar refractivity (Wildman–Crippen MR) is 159 cm³/mol. The van der Waals surface area contributed by atoms with Gasteiger partial charge in [-0.15, -0.1) is 0 Å². The van der Waals surface area contributed by atoms with Gasteiger partial charge in [-0.3, -0.25) is 19.2 Å². The number of hydrogen-bond acceptors (Lipinski definition) is 4. The van der Waals surface area contributed by atoms with Gasteiger partial charge in [0, 0.05) is 24.2 Å². The average molecular weight is 583 g/mol. The molecule has 8 heteroatoms. The van der Waals surface area contributed by atoms with Crippen LogP contribution in [0.3, 0.4) is 0 Å². The molecule has 42 heavy (non-hydrogen) atoms. The molecule has 0 aromatic heterocycles. The quantitative estimate of drug-likeness (QED) is 0.441. The molecule has 2 N–H and O–H groups in total. The number of carbonyl (C=O) groups is 4. The molecule has 6 aliphatic rings. The first-order valence-electron chi connectivity index (χ1n) is 16.0. The van der Waals surface area contributed by atoms with E-state index in [1.165, 1.54) is 46.6 Å². The van der Waals surface area contributed by atoms with Crippen molar-refractivity contribution in [2.45, 2.75) is 106 Å². The van der Waals surface area contributed by atoms with Crippen LogP contribution < -0.4 is 0 Å². The Labute approximate surface area is 250 Å². The molecule has 8 nitrogen and oxygen atoms in total. The van der Waals surface area contributed by atoms with Crippen LogP contribution in [0.5, 0.6) is 0 Å². The summed E-state index contributed by atoms with van der Waals surface area (Å²) in [7, 11) is 0. The fourth-order valence-corrected chi connectivity index (χ4v) is 10.5. The topological polar surface area (TPSA) is 115 Å². The maximum absolute atomic E-state index is 12.5. The predicted octanol–water partition coefficient (Wildman–Crippen LogP) is 5.67. The van der Waals surface area contributed by atoms with E-state index >= 15 is 0 Å². The number of rotatable bonds is 4. The second-order valence-corrected chi connectivity index (χ2v) is 15.7. The highest BCUT2D eigenvalue weighted by Gasteiger charge is 2.55. The molecule has 0 aromatic carbocycles. The molecule has 6 rings (SSSR count). The zero-order valence-electron chi connectivity index (χ0n) is 26.5. The molecule has 4 aliphatic carbocycles. The maximum atomic E-state index is 12.5. The van der Waals surface area contributed by atoms with E-state index in [4.69, 9.17) is 10.2 Å². The van der Waals surface area contributed by atoms with Gasteiger partial charge in [0.05, 0.1) is 0 Å². The summed E-state index contributed by atoms with van der Waals surface area (Å²) < 4.78 is 0. The van der Waals surface area contributed by atoms with Gasteiger partial charge in [0.1, 0.15) is 13.1 Å². The maximum Gasteiger partial charge on any atom is 0.323 e. The van der Waals surface area contributed by atoms with Crippen LogP contribution >= 0.6 is 0 Å². The normalized spacial score (nSPS) is 34.7. The molecule has 0 aromatic rings. The minimum absolute atomic E-state index is 0.0320. The van der Waals surface area contributed by atoms with Crippen molar-refractivity contribution in [2.24, 2.45) is 33.5 Å². The van der Waals surface area contributed by atoms with Crippen molar-refractivity contribution in [3.05, 3.63) is 22.3 Å². The SMILES string of the molecule is CC1(C)CCC[C@]2(C)C3=C(CC[C@@H]12)C(=O)N(CC(=O)O)C3.CC1(C)CCC[C@]2(C)C3=C(CC[C@@H]12)C(=O)N(CC(=O)O)C3. The van der Waals surface area contributed by atoms with Gasteiger partial charge in [-0.2, -0.15) is 0 Å². The lowest BCUT2D eigenvalue weighted by molar-refractivity contribution is -0.142. The Morgan fingerprint density at radius 2 is 1.02 bits per heavy atom. The third-order valence-electron chi connectivity index (χ3n) is 12.4. The molecule has 2 heterocycles. The Hall–Kier alpha value is -2.64. The van der Waals surface area contributed by atoms with Crippen LogP contribution in [-0.4, -0.2) is 69.9 Å². The second-order valence-electron chi connectivity index (χ2n) is 15.7. The summed E-state index contributed by atoms with van der Waals surface area (Å²) >= 11 is 0. The summed E-state index contributed by atoms with van der Waals surface area (Å²) in [6, 6.07) is 0. The molecule has 2 aliphatic heterocycles. The van der Waals surface area contributed by atoms with Crippen molar-refractivity contribution >= 4 is 23.8 Å². The lowest BCUT2D eigenvalue weighted by atomic mass is 9.50. The number of nitrogens with zero attached hydrogens (tertiary/aromatic N) is 2. The Morgan fingerprint density at radius 3 is 1.36 bits per heavy atom. The molecule has 0 unspecified atom stereocenters. The summed E-state index contributed by atoms with van der Waals surface area (Å²) in [5.41, 5.74) is 5.14. The monoisotopic (exact) mass is 582 g/mol. The van der Waals surface area contributed by atoms with Gasteiger partial charge < -0.3 is 20.0 Å². The van der Waals surface area contributed by atoms with Crippen LogP contribution in [0.4, 0.5) is 0 Å². The highest BCUT2D eigenvalue weighted by Crippen LogP contribution is 2.62. The van der Waals surface area contributed by atoms with E-state index < -0.39 is 11.9 Å². The van der Waals surface area contributed by atoms with Crippen LogP contribution in [0.2, 0.25) is 0 Å². The van der Waals surface area contributed by atoms with E-state index in [0.717, 1.165) is 49.7 Å². The van der Waals surface area contributed by atoms with Crippen LogP contribution in [0.25, 0.3) is 0 Å². The highest BCUT2D eigenvalue weighted by molar-refractivity contribution is 5.99. The Morgan fingerprint density at radius 1 is 0.667 bits per heavy atom. The minimum Gasteiger partial charge on any atom is -0.480 e. The van der Waals surface area contributed by atoms with E-state index in [9.17, 15) is 19.2 Å². The van der Waals surface area contributed by atoms with Crippen molar-refractivity contribution < 1.29 is 29.4 Å². The Kier molecular flexibility index (Phi) is 7.71. The number of carboxylic acids is 2. The summed E-state index contributed by atoms with van der Waals surface area (Å²) in [6.07, 6.45) is 11.0. The standard InChI is InChI=1S/2C17H25NO3/c2*1-16(2)7-4-8-17(3)12-9-18(10-14(19)20)15(21)11(12)5-6-13(16)17/h2*13H,4-10H2,1-3H3,(H,19,20)/t2*13-,17+/m00/s1. The second kappa shape index (κ2) is 10.5. The van der Waals surface area contributed by atoms with Crippen molar-refractivity contribution in [3.8, 4) is 0 Å². The van der Waals surface area contributed by atoms with Gasteiger partial charge in [0.15, 0.2) is 0 Å². The molecule has 2 fully saturated rings. The molecule has 0 radical (unpaired) electrons. The van der Waals surface area contributed by atoms with Gasteiger partial charge in [-0.25, -0.2) is 0 Å². The molecule has 0 bridgehead atoms. The van der Waals surface area contributed by atoms with Gasteiger partial charge in [0.25, 0.3) is 11.8 Å². The third kappa shape index (κ3) is 5.00. The number of carboxylic acid groups (broad SMARTS) is 2. The van der Waals surface area contributed by atoms with Crippen molar-refractivity contribution in [2.75, 3.05) is 26.2 Å². The zero-order chi connectivity index (χ0) is 30.8. The highest BCUT2D eigenvalue weighted by atomic mass is 16.4. The molecule has 2 amide bonds. The summed E-state index contributed by atoms with van der Waals surface area (Å²) in [5, 5.41) is 18.0. The summed E-state index contributed by atoms with van der Waals surface area (Å²) in [4.78, 5) is 49.9. The number of hydrogen-bond donors (Lipinski definition) is 2. The molecule has 2 saturated carbocycles. The molecule has 0 saturated heterocycles. The zero-order valence-corrected chi connectivity index (χ0v) is 26.5. The van der Waals surface area contributed by atoms with Gasteiger partial charge >= 0.3 is 11.9 Å². The average Bonchev–Trinajstić information content (AvgIpc) is 3.36. The van der Waals surface area contributed by atoms with E-state index in [1.54, 1.807) is 0 Å². The molecular formula is C34H50N2O6. The van der Waals surface area contributed by atoms with E-state index in [-0.39, 0.29) is 35.7 Å². The smallest absolute Gasteiger partial charge is 0.323 e. The number of fused-ring (bicyclic) bond motifs is 4. The number of aliphatic carboxylic acids is 2. The summed E-state index contributed by atoms with van der Waals surface area (Å²) in [6.45, 7) is 14.8. The van der Waals surface area contributed by atoms with Crippen molar-refractivity contribution in [3.63, 3.8) is 0 Å². The summed E-state index contributed by atoms with van der Waals surface area (Å²) in [5.74, 6) is -0.696. The Balaban J connectivity index is 0.000000168. The molecule has 4 atom stereocenters. The van der Waals surface area contributed by atoms with E-state index in [1.807, 2.05) is 0 Å². The molecule has 0 spiro atoms. The van der Waals surface area contributed by atoms with E-state index in [2.05, 4.69) is 41.5 Å². The van der Waals surface area contributed by atoms with Crippen molar-refractivity contribution in [1.29, 1.82) is 0 Å². The lowest BCUT2D eigenvalue weighted by Crippen LogP contribution is -2.46. The first-order valence-corrected chi connectivity index (χ1v) is 16.0. The van der Waals surface area contributed by atoms with Crippen LogP contribution in [0.1, 0.15) is 106 Å². The van der Waals surface area contributed by atoms with E-state index in [0.29, 0.717) is 35.8 Å². The first-order chi connectivity index (χ1) is 19.5. The van der Waals surface area contributed by atoms with Crippen LogP contribution in [0.15, 0.2) is 22.3 Å². The van der Waals surface area contributed by atoms with Crippen LogP contribution in [-0.2, 0) is 19.2 Å². The third-order valence-corrected chi connectivity index (χ3v) is 12.4. The lowest BCUT2D eigenvalue weighted by Gasteiger charge is -2.54. The van der Waals surface area contributed by atoms with Gasteiger partial charge in [0.2, 0.25) is 0 Å². The largest absolute Gasteiger partial charge is 0.480 e. The van der Waals surface area contributed by atoms with Crippen LogP contribution in [0, 0.1) is 33.5 Å². The fraction of sp³-hybridized carbons (Fsp3) is 0.765.